The summed E-state index contributed by atoms with van der Waals surface area (Å²) in [6.45, 7) is 3.93. The summed E-state index contributed by atoms with van der Waals surface area (Å²) in [7, 11) is -1.15. The third-order valence-electron chi connectivity index (χ3n) is 0.591. The monoisotopic (exact) mass is 91.1 g/mol. The SMILES string of the molecule is CC[SiH](C)O.[H+]. The Hall–Kier alpha value is 0.177. The van der Waals surface area contributed by atoms with Crippen molar-refractivity contribution in [3.05, 3.63) is 0 Å². The molecule has 1 unspecified atom stereocenters. The molecule has 0 spiro atoms. The van der Waals surface area contributed by atoms with E-state index < -0.39 is 9.04 Å². The molecule has 0 rings (SSSR count). The van der Waals surface area contributed by atoms with Crippen molar-refractivity contribution < 1.29 is 6.22 Å². The molecule has 0 radical (unpaired) electrons. The Morgan fingerprint density at radius 3 is 2.20 bits per heavy atom. The Bertz CT molecular complexity index is 24.8. The van der Waals surface area contributed by atoms with E-state index in [0.717, 1.165) is 6.04 Å². The van der Waals surface area contributed by atoms with E-state index >= 15 is 0 Å². The molecule has 1 atom stereocenters. The molecule has 0 aromatic heterocycles. The molecule has 32 valence electrons. The molecule has 2 heteroatoms. The summed E-state index contributed by atoms with van der Waals surface area (Å²) in [4.78, 5) is 8.50. The largest absolute Gasteiger partial charge is 1.00 e. The molecule has 0 aromatic carbocycles. The van der Waals surface area contributed by atoms with Crippen LogP contribution in [0.15, 0.2) is 0 Å². The van der Waals surface area contributed by atoms with Gasteiger partial charge in [-0.1, -0.05) is 6.92 Å². The Morgan fingerprint density at radius 2 is 2.20 bits per heavy atom. The molecule has 0 aliphatic carbocycles. The van der Waals surface area contributed by atoms with E-state index in [-0.39, 0.29) is 1.43 Å². The molecule has 0 amide bonds. The van der Waals surface area contributed by atoms with E-state index in [9.17, 15) is 0 Å². The van der Waals surface area contributed by atoms with Crippen LogP contribution in [0.1, 0.15) is 8.35 Å². The summed E-state index contributed by atoms with van der Waals surface area (Å²) >= 11 is 0. The maximum atomic E-state index is 8.50. The van der Waals surface area contributed by atoms with E-state index in [2.05, 4.69) is 0 Å². The van der Waals surface area contributed by atoms with E-state index in [0.29, 0.717) is 0 Å². The minimum absolute atomic E-state index is 0. The molecule has 1 N–H and O–H groups in total. The fourth-order valence-corrected chi connectivity index (χ4v) is 0. The molecule has 5 heavy (non-hydrogen) atoms. The number of hydrogen-bond acceptors (Lipinski definition) is 1. The fraction of sp³-hybridized carbons (Fsp3) is 1.00. The quantitative estimate of drug-likeness (QED) is 0.465. The minimum Gasteiger partial charge on any atom is -0.435 e. The van der Waals surface area contributed by atoms with Gasteiger partial charge in [0.25, 0.3) is 0 Å². The molecular weight excluding hydrogens is 80.1 g/mol. The smallest absolute Gasteiger partial charge is 0.435 e. The van der Waals surface area contributed by atoms with Gasteiger partial charge in [0, 0.05) is 0 Å². The fourth-order valence-electron chi connectivity index (χ4n) is 0. The normalized spacial score (nSPS) is 15.0. The molecule has 0 heterocycles. The first-order valence-electron chi connectivity index (χ1n) is 1.95. The zero-order valence-corrected chi connectivity index (χ0v) is 4.89. The van der Waals surface area contributed by atoms with E-state index in [4.69, 9.17) is 4.80 Å². The molecule has 1 nitrogen and oxygen atoms in total. The Morgan fingerprint density at radius 1 is 2.00 bits per heavy atom. The van der Waals surface area contributed by atoms with Crippen molar-refractivity contribution in [1.82, 2.24) is 0 Å². The second-order valence-corrected chi connectivity index (χ2v) is 3.77. The summed E-state index contributed by atoms with van der Waals surface area (Å²) < 4.78 is 0. The summed E-state index contributed by atoms with van der Waals surface area (Å²) in [6.07, 6.45) is 0. The van der Waals surface area contributed by atoms with Crippen LogP contribution >= 0.6 is 0 Å². The third kappa shape index (κ3) is 4.18. The van der Waals surface area contributed by atoms with Crippen LogP contribution in [0.5, 0.6) is 0 Å². The van der Waals surface area contributed by atoms with E-state index in [1.165, 1.54) is 0 Å². The van der Waals surface area contributed by atoms with Crippen LogP contribution in [0.25, 0.3) is 0 Å². The summed E-state index contributed by atoms with van der Waals surface area (Å²) in [5.41, 5.74) is 0. The van der Waals surface area contributed by atoms with Gasteiger partial charge in [0.1, 0.15) is 0 Å². The Balaban J connectivity index is 0. The standard InChI is InChI=1S/C3H10OSi/c1-3-5(2)4/h4-5H,3H2,1-2H3/p+1. The topological polar surface area (TPSA) is 20.2 Å². The van der Waals surface area contributed by atoms with Crippen LogP contribution in [-0.4, -0.2) is 13.8 Å². The van der Waals surface area contributed by atoms with Crippen LogP contribution in [0.4, 0.5) is 0 Å². The van der Waals surface area contributed by atoms with Gasteiger partial charge in [-0.05, 0) is 12.6 Å². The van der Waals surface area contributed by atoms with E-state index in [1.54, 1.807) is 0 Å². The van der Waals surface area contributed by atoms with Crippen molar-refractivity contribution in [2.24, 2.45) is 0 Å². The molecule has 0 saturated carbocycles. The average molecular weight is 91.2 g/mol. The molecule has 0 aliphatic rings. The minimum atomic E-state index is -1.15. The highest BCUT2D eigenvalue weighted by Crippen LogP contribution is 1.78. The van der Waals surface area contributed by atoms with Gasteiger partial charge in [-0.2, -0.15) is 0 Å². The van der Waals surface area contributed by atoms with Crippen LogP contribution in [0.3, 0.4) is 0 Å². The predicted molar refractivity (Wildman–Crippen MR) is 26.8 cm³/mol. The lowest BCUT2D eigenvalue weighted by molar-refractivity contribution is 0.579. The van der Waals surface area contributed by atoms with E-state index in [1.807, 2.05) is 13.5 Å². The molecule has 0 aromatic rings. The van der Waals surface area contributed by atoms with Crippen LogP contribution in [-0.2, 0) is 0 Å². The van der Waals surface area contributed by atoms with Gasteiger partial charge in [-0.3, -0.25) is 0 Å². The van der Waals surface area contributed by atoms with Crippen LogP contribution in [0, 0.1) is 0 Å². The van der Waals surface area contributed by atoms with Crippen molar-refractivity contribution in [3.8, 4) is 0 Å². The first-order chi connectivity index (χ1) is 2.27. The van der Waals surface area contributed by atoms with Crippen molar-refractivity contribution in [3.63, 3.8) is 0 Å². The Labute approximate surface area is 35.8 Å². The molecule has 0 saturated heterocycles. The predicted octanol–water partition coefficient (Wildman–Crippen LogP) is 0.465. The lowest BCUT2D eigenvalue weighted by atomic mass is 11.0. The highest BCUT2D eigenvalue weighted by Gasteiger charge is 1.86. The first kappa shape index (κ1) is 5.18. The van der Waals surface area contributed by atoms with Gasteiger partial charge in [0.2, 0.25) is 0 Å². The number of rotatable bonds is 1. The van der Waals surface area contributed by atoms with Crippen molar-refractivity contribution in [2.45, 2.75) is 19.5 Å². The summed E-state index contributed by atoms with van der Waals surface area (Å²) in [6, 6.07) is 1.00. The average Bonchev–Trinajstić information content (AvgIpc) is 1.38. The maximum absolute atomic E-state index is 8.50. The van der Waals surface area contributed by atoms with Gasteiger partial charge in [0.15, 0.2) is 9.04 Å². The van der Waals surface area contributed by atoms with Gasteiger partial charge in [-0.25, -0.2) is 0 Å². The highest BCUT2D eigenvalue weighted by atomic mass is 28.3. The second-order valence-electron chi connectivity index (χ2n) is 1.26. The lowest BCUT2D eigenvalue weighted by Gasteiger charge is -1.87. The lowest BCUT2D eigenvalue weighted by Crippen LogP contribution is -1.99. The van der Waals surface area contributed by atoms with Gasteiger partial charge >= 0.3 is 1.43 Å². The van der Waals surface area contributed by atoms with Gasteiger partial charge < -0.3 is 4.80 Å². The van der Waals surface area contributed by atoms with Gasteiger partial charge in [0.05, 0.1) is 0 Å². The summed E-state index contributed by atoms with van der Waals surface area (Å²) in [5.74, 6) is 0. The van der Waals surface area contributed by atoms with Gasteiger partial charge in [-0.15, -0.1) is 0 Å². The zero-order valence-electron chi connectivity index (χ0n) is 4.73. The molecule has 0 aliphatic heterocycles. The zero-order chi connectivity index (χ0) is 4.28. The summed E-state index contributed by atoms with van der Waals surface area (Å²) in [5, 5.41) is 0. The van der Waals surface area contributed by atoms with Crippen molar-refractivity contribution >= 4 is 9.04 Å². The molecular formula is C3H11OSi+. The molecule has 0 fully saturated rings. The second kappa shape index (κ2) is 2.42. The molecule has 0 bridgehead atoms. The third-order valence-corrected chi connectivity index (χ3v) is 1.77. The van der Waals surface area contributed by atoms with Crippen LogP contribution in [0.2, 0.25) is 12.6 Å². The number of hydrogen-bond donors (Lipinski definition) is 1. The van der Waals surface area contributed by atoms with Crippen LogP contribution < -0.4 is 0 Å². The highest BCUT2D eigenvalue weighted by molar-refractivity contribution is 6.48. The maximum Gasteiger partial charge on any atom is 1.00 e. The Kier molecular flexibility index (Phi) is 2.50. The van der Waals surface area contributed by atoms with Crippen molar-refractivity contribution in [2.75, 3.05) is 0 Å². The first-order valence-corrected chi connectivity index (χ1v) is 4.44. The van der Waals surface area contributed by atoms with Crippen molar-refractivity contribution in [1.29, 1.82) is 0 Å².